The number of rotatable bonds is 10. The van der Waals surface area contributed by atoms with Crippen LogP contribution in [0.2, 0.25) is 5.02 Å². The van der Waals surface area contributed by atoms with Gasteiger partial charge >= 0.3 is 5.97 Å². The maximum atomic E-state index is 13.0. The molecule has 3 aromatic rings. The van der Waals surface area contributed by atoms with Crippen LogP contribution in [0.4, 0.5) is 0 Å². The van der Waals surface area contributed by atoms with Crippen LogP contribution in [0.15, 0.2) is 66.7 Å². The number of amides is 1. The average Bonchev–Trinajstić information content (AvgIpc) is 3.76. The minimum Gasteiger partial charge on any atom is -0.493 e. The predicted octanol–water partition coefficient (Wildman–Crippen LogP) is 6.85. The van der Waals surface area contributed by atoms with Gasteiger partial charge in [0.15, 0.2) is 0 Å². The summed E-state index contributed by atoms with van der Waals surface area (Å²) in [4.78, 5) is 24.6. The summed E-state index contributed by atoms with van der Waals surface area (Å²) in [6, 6.07) is 19.5. The van der Waals surface area contributed by atoms with Crippen LogP contribution in [0.5, 0.6) is 17.2 Å². The molecule has 1 saturated carbocycles. The lowest BCUT2D eigenvalue weighted by atomic mass is 9.93. The van der Waals surface area contributed by atoms with Crippen molar-refractivity contribution in [2.24, 2.45) is 5.92 Å². The van der Waals surface area contributed by atoms with E-state index in [9.17, 15) is 14.7 Å². The van der Waals surface area contributed by atoms with Crippen molar-refractivity contribution in [1.29, 1.82) is 0 Å². The van der Waals surface area contributed by atoms with E-state index in [1.54, 1.807) is 36.4 Å². The number of halogens is 2. The van der Waals surface area contributed by atoms with Crippen LogP contribution in [-0.4, -0.2) is 41.2 Å². The van der Waals surface area contributed by atoms with E-state index in [1.165, 1.54) is 12.8 Å². The summed E-state index contributed by atoms with van der Waals surface area (Å²) in [7, 11) is 0. The molecule has 1 fully saturated rings. The number of benzene rings is 3. The quantitative estimate of drug-likeness (QED) is 0.275. The minimum absolute atomic E-state index is 0.206. The molecular weight excluding hydrogens is 529 g/mol. The molecule has 1 amide bonds. The molecule has 2 unspecified atom stereocenters. The molecule has 0 saturated heterocycles. The smallest absolute Gasteiger partial charge is 0.311 e. The summed E-state index contributed by atoms with van der Waals surface area (Å²) < 4.78 is 18.8. The van der Waals surface area contributed by atoms with Crippen molar-refractivity contribution >= 4 is 35.3 Å². The Hall–Kier alpha value is -3.26. The van der Waals surface area contributed by atoms with Gasteiger partial charge in [-0.2, -0.15) is 0 Å². The fourth-order valence-electron chi connectivity index (χ4n) is 4.34. The number of nitrogens with zero attached hydrogens (tertiary/aromatic N) is 1. The zero-order valence-corrected chi connectivity index (χ0v) is 22.0. The molecule has 0 aromatic heterocycles. The van der Waals surface area contributed by atoms with Crippen LogP contribution >= 0.6 is 23.4 Å². The summed E-state index contributed by atoms with van der Waals surface area (Å²) in [6.45, 7) is 1.16. The number of ether oxygens (including phenoxy) is 3. The van der Waals surface area contributed by atoms with Gasteiger partial charge in [-0.15, -0.1) is 0 Å². The monoisotopic (exact) mass is 555 g/mol. The lowest BCUT2D eigenvalue weighted by molar-refractivity contribution is -0.139. The van der Waals surface area contributed by atoms with E-state index in [4.69, 9.17) is 37.6 Å². The van der Waals surface area contributed by atoms with Crippen LogP contribution < -0.4 is 9.47 Å². The molecule has 198 valence electrons. The molecule has 1 heterocycles. The first-order chi connectivity index (χ1) is 18.4. The maximum Gasteiger partial charge on any atom is 0.311 e. The molecule has 0 spiro atoms. The van der Waals surface area contributed by atoms with Crippen molar-refractivity contribution in [1.82, 2.24) is 4.42 Å². The molecule has 2 atom stereocenters. The second kappa shape index (κ2) is 11.6. The van der Waals surface area contributed by atoms with Gasteiger partial charge in [0.2, 0.25) is 0 Å². The number of fused-ring (bicyclic) bond motifs is 1. The third-order valence-corrected chi connectivity index (χ3v) is 7.27. The topological polar surface area (TPSA) is 85.3 Å². The van der Waals surface area contributed by atoms with E-state index in [1.807, 2.05) is 30.3 Å². The van der Waals surface area contributed by atoms with Crippen LogP contribution in [-0.2, 0) is 9.53 Å². The number of carbonyl (C=O) groups is 2. The number of hydrogen-bond acceptors (Lipinski definition) is 5. The highest BCUT2D eigenvalue weighted by atomic mass is 35.5. The van der Waals surface area contributed by atoms with Gasteiger partial charge in [0.25, 0.3) is 5.91 Å². The molecule has 1 aliphatic heterocycles. The van der Waals surface area contributed by atoms with Gasteiger partial charge in [-0.05, 0) is 61.1 Å². The lowest BCUT2D eigenvalue weighted by Crippen LogP contribution is -2.28. The van der Waals surface area contributed by atoms with E-state index in [2.05, 4.69) is 0 Å². The molecule has 9 heteroatoms. The Balaban J connectivity index is 1.25. The molecular formula is C29H27Cl2NO6. The van der Waals surface area contributed by atoms with Crippen molar-refractivity contribution in [2.45, 2.75) is 31.3 Å². The summed E-state index contributed by atoms with van der Waals surface area (Å²) in [5.74, 6) is -0.147. The predicted molar refractivity (Wildman–Crippen MR) is 143 cm³/mol. The third kappa shape index (κ3) is 6.23. The van der Waals surface area contributed by atoms with Gasteiger partial charge in [-0.3, -0.25) is 9.59 Å². The highest BCUT2D eigenvalue weighted by Crippen LogP contribution is 2.42. The Labute approximate surface area is 230 Å². The summed E-state index contributed by atoms with van der Waals surface area (Å²) in [6.07, 6.45) is 2.40. The maximum absolute atomic E-state index is 13.0. The number of aliphatic carboxylic acids is 1. The molecule has 1 aliphatic carbocycles. The molecule has 5 rings (SSSR count). The summed E-state index contributed by atoms with van der Waals surface area (Å²) >= 11 is 12.8. The van der Waals surface area contributed by atoms with E-state index in [-0.39, 0.29) is 23.6 Å². The molecule has 38 heavy (non-hydrogen) atoms. The first-order valence-corrected chi connectivity index (χ1v) is 13.2. The third-order valence-electron chi connectivity index (χ3n) is 6.68. The summed E-state index contributed by atoms with van der Waals surface area (Å²) in [5.41, 5.74) is 1.89. The van der Waals surface area contributed by atoms with Crippen molar-refractivity contribution < 1.29 is 28.9 Å². The lowest BCUT2D eigenvalue weighted by Gasteiger charge is -2.24. The average molecular weight is 556 g/mol. The molecule has 7 nitrogen and oxygen atoms in total. The van der Waals surface area contributed by atoms with Gasteiger partial charge < -0.3 is 19.3 Å². The second-order valence-electron chi connectivity index (χ2n) is 9.50. The molecule has 1 N–H and O–H groups in total. The number of carbonyl (C=O) groups excluding carboxylic acids is 1. The highest BCUT2D eigenvalue weighted by molar-refractivity contribution is 6.32. The fraction of sp³-hybridized carbons (Fsp3) is 0.310. The Kier molecular flexibility index (Phi) is 8.07. The Morgan fingerprint density at radius 3 is 2.47 bits per heavy atom. The van der Waals surface area contributed by atoms with Gasteiger partial charge in [0.05, 0.1) is 30.7 Å². The van der Waals surface area contributed by atoms with Gasteiger partial charge in [-0.1, -0.05) is 41.9 Å². The normalized spacial score (nSPS) is 17.2. The van der Waals surface area contributed by atoms with E-state index in [0.29, 0.717) is 53.9 Å². The Bertz CT molecular complexity index is 1300. The number of carboxylic acids is 1. The zero-order chi connectivity index (χ0) is 26.6. The number of hydrogen-bond donors (Lipinski definition) is 1. The van der Waals surface area contributed by atoms with Crippen LogP contribution in [0.25, 0.3) is 0 Å². The highest BCUT2D eigenvalue weighted by Gasteiger charge is 2.29. The SMILES string of the molecule is O=C(O)C1CCOc2cc(Oc3ccc(C(=O)N(Cl)CC(OCC4CC4)c4ccccc4)cc3)c(Cl)cc21. The molecule has 2 aliphatic rings. The summed E-state index contributed by atoms with van der Waals surface area (Å²) in [5, 5.41) is 9.74. The fourth-order valence-corrected chi connectivity index (χ4v) is 4.78. The van der Waals surface area contributed by atoms with E-state index >= 15 is 0 Å². The zero-order valence-electron chi connectivity index (χ0n) is 20.5. The van der Waals surface area contributed by atoms with Gasteiger partial charge in [0, 0.05) is 29.0 Å². The Morgan fingerprint density at radius 2 is 1.79 bits per heavy atom. The second-order valence-corrected chi connectivity index (χ2v) is 10.3. The molecule has 0 bridgehead atoms. The van der Waals surface area contributed by atoms with E-state index < -0.39 is 11.9 Å². The van der Waals surface area contributed by atoms with E-state index in [0.717, 1.165) is 9.98 Å². The van der Waals surface area contributed by atoms with Crippen molar-refractivity contribution in [3.8, 4) is 17.2 Å². The molecule has 3 aromatic carbocycles. The minimum atomic E-state index is -0.919. The standard InChI is InChI=1S/C29H27Cl2NO6/c30-24-14-23-22(29(34)35)12-13-36-25(23)15-26(24)38-21-10-8-20(9-11-21)28(33)32(31)16-27(37-17-18-6-7-18)19-4-2-1-3-5-19/h1-5,8-11,14-15,18,22,27H,6-7,12-13,16-17H2,(H,34,35). The van der Waals surface area contributed by atoms with Crippen molar-refractivity contribution in [2.75, 3.05) is 19.8 Å². The van der Waals surface area contributed by atoms with Crippen molar-refractivity contribution in [3.05, 3.63) is 88.4 Å². The largest absolute Gasteiger partial charge is 0.493 e. The van der Waals surface area contributed by atoms with Gasteiger partial charge in [0.1, 0.15) is 23.4 Å². The number of carboxylic acid groups (broad SMARTS) is 1. The first kappa shape index (κ1) is 26.4. The Morgan fingerprint density at radius 1 is 1.05 bits per heavy atom. The van der Waals surface area contributed by atoms with Crippen LogP contribution in [0.1, 0.15) is 52.8 Å². The first-order valence-electron chi connectivity index (χ1n) is 12.5. The van der Waals surface area contributed by atoms with Crippen LogP contribution in [0, 0.1) is 5.92 Å². The molecule has 0 radical (unpaired) electrons. The van der Waals surface area contributed by atoms with Crippen LogP contribution in [0.3, 0.4) is 0 Å². The van der Waals surface area contributed by atoms with Gasteiger partial charge in [-0.25, -0.2) is 4.42 Å². The van der Waals surface area contributed by atoms with Crippen molar-refractivity contribution in [3.63, 3.8) is 0 Å².